The Kier molecular flexibility index (Phi) is 4.34. The van der Waals surface area contributed by atoms with Crippen molar-refractivity contribution in [3.63, 3.8) is 0 Å². The van der Waals surface area contributed by atoms with Gasteiger partial charge in [-0.2, -0.15) is 18.7 Å². The van der Waals surface area contributed by atoms with Crippen LogP contribution < -0.4 is 34.7 Å². The molecule has 0 saturated carbocycles. The van der Waals surface area contributed by atoms with Crippen molar-refractivity contribution in [3.05, 3.63) is 0 Å². The number of rotatable bonds is 3. The Balaban J connectivity index is 0.00000144. The Hall–Kier alpha value is -0.440. The molecule has 17 heavy (non-hydrogen) atoms. The van der Waals surface area contributed by atoms with Crippen molar-refractivity contribution in [2.45, 2.75) is 25.0 Å². The van der Waals surface area contributed by atoms with Crippen molar-refractivity contribution in [1.82, 2.24) is 9.96 Å². The number of fused-ring (bicyclic) bond motifs is 2. The van der Waals surface area contributed by atoms with Crippen LogP contribution in [-0.4, -0.2) is 47.2 Å². The summed E-state index contributed by atoms with van der Waals surface area (Å²) in [4.78, 5) is 26.8. The van der Waals surface area contributed by atoms with Gasteiger partial charge in [0.2, 0.25) is 0 Å². The maximum Gasteiger partial charge on any atom is 1.00 e. The van der Waals surface area contributed by atoms with Gasteiger partial charge in [-0.15, -0.1) is 0 Å². The molecule has 90 valence electrons. The SMILES string of the molecule is O=C1N2CCCC(C2)N1OC(F)(F)C(=O)[O-].[Na+]. The molecule has 2 fully saturated rings. The Morgan fingerprint density at radius 1 is 1.53 bits per heavy atom. The zero-order valence-corrected chi connectivity index (χ0v) is 11.2. The third kappa shape index (κ3) is 2.70. The summed E-state index contributed by atoms with van der Waals surface area (Å²) in [5, 5.41) is 10.5. The topological polar surface area (TPSA) is 72.9 Å². The minimum Gasteiger partial charge on any atom is -0.542 e. The van der Waals surface area contributed by atoms with E-state index in [0.717, 1.165) is 0 Å². The van der Waals surface area contributed by atoms with Gasteiger partial charge in [0.15, 0.2) is 0 Å². The summed E-state index contributed by atoms with van der Waals surface area (Å²) >= 11 is 0. The monoisotopic (exact) mass is 258 g/mol. The molecule has 2 rings (SSSR count). The Labute approximate surface area is 118 Å². The van der Waals surface area contributed by atoms with Crippen LogP contribution in [0.1, 0.15) is 12.8 Å². The average Bonchev–Trinajstić information content (AvgIpc) is 2.42. The minimum absolute atomic E-state index is 0. The fourth-order valence-electron chi connectivity index (χ4n) is 1.89. The van der Waals surface area contributed by atoms with Crippen LogP contribution in [0.4, 0.5) is 13.6 Å². The Morgan fingerprint density at radius 3 is 2.71 bits per heavy atom. The van der Waals surface area contributed by atoms with E-state index in [1.165, 1.54) is 4.90 Å². The molecule has 0 aromatic heterocycles. The van der Waals surface area contributed by atoms with E-state index in [1.807, 2.05) is 0 Å². The quantitative estimate of drug-likeness (QED) is 0.486. The number of carbonyl (C=O) groups is 2. The summed E-state index contributed by atoms with van der Waals surface area (Å²) in [5.74, 6) is -2.66. The fourth-order valence-corrected chi connectivity index (χ4v) is 1.89. The first kappa shape index (κ1) is 14.6. The number of hydrogen-bond donors (Lipinski definition) is 0. The summed E-state index contributed by atoms with van der Waals surface area (Å²) in [6.45, 7) is 0.772. The van der Waals surface area contributed by atoms with Gasteiger partial charge in [-0.25, -0.2) is 4.79 Å². The number of hydroxylamine groups is 2. The van der Waals surface area contributed by atoms with E-state index < -0.39 is 24.2 Å². The minimum atomic E-state index is -4.48. The molecule has 0 aromatic rings. The normalized spacial score (nSPS) is 23.6. The summed E-state index contributed by atoms with van der Waals surface area (Å²) in [6, 6.07) is -1.23. The molecular weight excluding hydrogens is 249 g/mol. The van der Waals surface area contributed by atoms with Gasteiger partial charge in [-0.1, -0.05) is 0 Å². The van der Waals surface area contributed by atoms with Crippen molar-refractivity contribution in [2.75, 3.05) is 13.1 Å². The van der Waals surface area contributed by atoms with E-state index in [1.54, 1.807) is 0 Å². The number of aliphatic carboxylic acids is 1. The van der Waals surface area contributed by atoms with Crippen LogP contribution >= 0.6 is 0 Å². The van der Waals surface area contributed by atoms with Crippen LogP contribution in [0.5, 0.6) is 0 Å². The van der Waals surface area contributed by atoms with Crippen LogP contribution in [0, 0.1) is 0 Å². The maximum atomic E-state index is 12.7. The van der Waals surface area contributed by atoms with Gasteiger partial charge in [0.05, 0.1) is 6.04 Å². The van der Waals surface area contributed by atoms with Crippen molar-refractivity contribution in [2.24, 2.45) is 0 Å². The molecule has 0 aliphatic carbocycles. The first-order valence-corrected chi connectivity index (χ1v) is 4.78. The van der Waals surface area contributed by atoms with Crippen molar-refractivity contribution < 1.29 is 57.9 Å². The van der Waals surface area contributed by atoms with Crippen LogP contribution in [0.15, 0.2) is 0 Å². The average molecular weight is 258 g/mol. The molecule has 2 aliphatic heterocycles. The first-order chi connectivity index (χ1) is 7.42. The summed E-state index contributed by atoms with van der Waals surface area (Å²) < 4.78 is 25.5. The van der Waals surface area contributed by atoms with Gasteiger partial charge in [0.1, 0.15) is 5.97 Å². The molecule has 0 radical (unpaired) electrons. The van der Waals surface area contributed by atoms with Crippen LogP contribution in [0.25, 0.3) is 0 Å². The molecule has 2 amide bonds. The Bertz CT molecular complexity index is 341. The van der Waals surface area contributed by atoms with Gasteiger partial charge < -0.3 is 14.8 Å². The van der Waals surface area contributed by atoms with Crippen LogP contribution in [0.2, 0.25) is 0 Å². The fraction of sp³-hybridized carbons (Fsp3) is 0.750. The van der Waals surface area contributed by atoms with Crippen molar-refractivity contribution in [3.8, 4) is 0 Å². The molecule has 2 aliphatic rings. The van der Waals surface area contributed by atoms with E-state index >= 15 is 0 Å². The molecule has 2 bridgehead atoms. The molecule has 2 saturated heterocycles. The van der Waals surface area contributed by atoms with Crippen molar-refractivity contribution in [1.29, 1.82) is 0 Å². The van der Waals surface area contributed by atoms with E-state index in [9.17, 15) is 23.5 Å². The smallest absolute Gasteiger partial charge is 0.542 e. The number of hydrogen-bond acceptors (Lipinski definition) is 4. The molecule has 1 atom stereocenters. The summed E-state index contributed by atoms with van der Waals surface area (Å²) in [6.07, 6.45) is -3.27. The number of alkyl halides is 2. The van der Waals surface area contributed by atoms with Gasteiger partial charge in [-0.05, 0) is 12.8 Å². The second-order valence-corrected chi connectivity index (χ2v) is 3.75. The maximum absolute atomic E-state index is 12.7. The zero-order valence-electron chi connectivity index (χ0n) is 9.19. The van der Waals surface area contributed by atoms with Gasteiger partial charge in [0, 0.05) is 13.1 Å². The van der Waals surface area contributed by atoms with Gasteiger partial charge >= 0.3 is 41.7 Å². The van der Waals surface area contributed by atoms with Gasteiger partial charge in [0.25, 0.3) is 0 Å². The molecule has 0 aromatic carbocycles. The number of nitrogens with zero attached hydrogens (tertiary/aromatic N) is 2. The third-order valence-electron chi connectivity index (χ3n) is 2.64. The predicted octanol–water partition coefficient (Wildman–Crippen LogP) is -3.84. The molecule has 1 unspecified atom stereocenters. The van der Waals surface area contributed by atoms with Crippen LogP contribution in [0.3, 0.4) is 0 Å². The molecule has 9 heteroatoms. The Morgan fingerprint density at radius 2 is 2.18 bits per heavy atom. The van der Waals surface area contributed by atoms with Crippen molar-refractivity contribution >= 4 is 12.0 Å². The zero-order chi connectivity index (χ0) is 11.9. The number of urea groups is 1. The van der Waals surface area contributed by atoms with E-state index in [-0.39, 0.29) is 29.6 Å². The molecule has 2 heterocycles. The molecule has 6 nitrogen and oxygen atoms in total. The van der Waals surface area contributed by atoms with Gasteiger partial charge in [-0.3, -0.25) is 0 Å². The number of carboxylic acids is 1. The molecule has 0 N–H and O–H groups in total. The second kappa shape index (κ2) is 5.05. The van der Waals surface area contributed by atoms with Crippen LogP contribution in [-0.2, 0) is 9.63 Å². The number of piperidine rings is 1. The summed E-state index contributed by atoms with van der Waals surface area (Å²) in [7, 11) is 0. The molecular formula is C8H9F2N2NaO4. The predicted molar refractivity (Wildman–Crippen MR) is 42.9 cm³/mol. The second-order valence-electron chi connectivity index (χ2n) is 3.75. The number of carboxylic acid groups (broad SMARTS) is 1. The molecule has 0 spiro atoms. The number of amides is 2. The largest absolute Gasteiger partial charge is 1.00 e. The van der Waals surface area contributed by atoms with E-state index in [2.05, 4.69) is 4.84 Å². The summed E-state index contributed by atoms with van der Waals surface area (Å²) in [5.41, 5.74) is 0. The number of carbonyl (C=O) groups excluding carboxylic acids is 2. The first-order valence-electron chi connectivity index (χ1n) is 4.78. The van der Waals surface area contributed by atoms with E-state index in [0.29, 0.717) is 31.0 Å². The standard InChI is InChI=1S/C8H10F2N2O4.Na/c9-8(10,6(13)14)16-12-5-2-1-3-11(4-5)7(12)15;/h5H,1-4H2,(H,13,14);/q;+1/p-1. The number of halogens is 2. The van der Waals surface area contributed by atoms with E-state index in [4.69, 9.17) is 0 Å². The third-order valence-corrected chi connectivity index (χ3v) is 2.64.